The standard InChI is InChI=1S/C17H13N4.Ir/c1-3-7-14(8-4-1)20-13-21(15-9-5-2-6-10-15)17-16(20)18-11-12-19-17;/h1-9,11-12H,13H2;/q-1;. The molecule has 0 saturated carbocycles. The van der Waals surface area contributed by atoms with Gasteiger partial charge >= 0.3 is 0 Å². The number of anilines is 4. The molecule has 4 rings (SSSR count). The Morgan fingerprint density at radius 2 is 1.50 bits per heavy atom. The summed E-state index contributed by atoms with van der Waals surface area (Å²) < 4.78 is 0. The van der Waals surface area contributed by atoms with Crippen LogP contribution in [0.3, 0.4) is 0 Å². The van der Waals surface area contributed by atoms with Crippen LogP contribution >= 0.6 is 0 Å². The van der Waals surface area contributed by atoms with Crippen LogP contribution in [0, 0.1) is 6.07 Å². The molecule has 2 aromatic carbocycles. The second-order valence-electron chi connectivity index (χ2n) is 4.78. The van der Waals surface area contributed by atoms with Crippen LogP contribution in [-0.2, 0) is 20.1 Å². The first kappa shape index (κ1) is 14.7. The van der Waals surface area contributed by atoms with E-state index < -0.39 is 0 Å². The van der Waals surface area contributed by atoms with Crippen molar-refractivity contribution in [2.75, 3.05) is 16.5 Å². The van der Waals surface area contributed by atoms with Crippen molar-refractivity contribution in [3.63, 3.8) is 0 Å². The Kier molecular flexibility index (Phi) is 4.18. The third kappa shape index (κ3) is 2.49. The molecule has 0 saturated heterocycles. The maximum absolute atomic E-state index is 4.50. The van der Waals surface area contributed by atoms with Gasteiger partial charge in [-0.05, 0) is 12.1 Å². The third-order valence-corrected chi connectivity index (χ3v) is 3.51. The summed E-state index contributed by atoms with van der Waals surface area (Å²) >= 11 is 0. The van der Waals surface area contributed by atoms with Crippen LogP contribution in [0.4, 0.5) is 23.0 Å². The molecule has 1 aliphatic heterocycles. The zero-order chi connectivity index (χ0) is 14.1. The predicted octanol–water partition coefficient (Wildman–Crippen LogP) is 3.52. The molecule has 2 heterocycles. The van der Waals surface area contributed by atoms with Gasteiger partial charge in [0, 0.05) is 38.2 Å². The maximum atomic E-state index is 4.50. The zero-order valence-corrected chi connectivity index (χ0v) is 14.1. The van der Waals surface area contributed by atoms with Crippen molar-refractivity contribution in [1.29, 1.82) is 0 Å². The number of benzene rings is 2. The molecule has 1 radical (unpaired) electrons. The first-order valence-corrected chi connectivity index (χ1v) is 6.81. The molecule has 111 valence electrons. The fourth-order valence-corrected chi connectivity index (χ4v) is 2.53. The fourth-order valence-electron chi connectivity index (χ4n) is 2.53. The molecule has 3 aromatic rings. The number of rotatable bonds is 2. The minimum absolute atomic E-state index is 0. The van der Waals surface area contributed by atoms with Gasteiger partial charge in [0.2, 0.25) is 0 Å². The van der Waals surface area contributed by atoms with E-state index in [9.17, 15) is 0 Å². The van der Waals surface area contributed by atoms with Crippen LogP contribution < -0.4 is 9.80 Å². The molecule has 5 heteroatoms. The second kappa shape index (κ2) is 6.26. The summed E-state index contributed by atoms with van der Waals surface area (Å²) in [7, 11) is 0. The van der Waals surface area contributed by atoms with E-state index in [2.05, 4.69) is 38.0 Å². The molecule has 0 atom stereocenters. The molecule has 22 heavy (non-hydrogen) atoms. The first-order valence-electron chi connectivity index (χ1n) is 6.81. The maximum Gasteiger partial charge on any atom is 0.178 e. The number of hydrogen-bond donors (Lipinski definition) is 0. The van der Waals surface area contributed by atoms with E-state index >= 15 is 0 Å². The summed E-state index contributed by atoms with van der Waals surface area (Å²) in [6.45, 7) is 0.684. The first-order chi connectivity index (χ1) is 10.4. The summed E-state index contributed by atoms with van der Waals surface area (Å²) in [6.07, 6.45) is 3.45. The minimum Gasteiger partial charge on any atom is -0.328 e. The number of fused-ring (bicyclic) bond motifs is 1. The molecule has 0 amide bonds. The Morgan fingerprint density at radius 1 is 0.818 bits per heavy atom. The Bertz CT molecular complexity index is 684. The van der Waals surface area contributed by atoms with Crippen LogP contribution in [0.5, 0.6) is 0 Å². The molecule has 0 bridgehead atoms. The molecule has 1 aliphatic rings. The summed E-state index contributed by atoms with van der Waals surface area (Å²) in [6, 6.07) is 21.4. The normalized spacial score (nSPS) is 12.7. The topological polar surface area (TPSA) is 32.3 Å². The van der Waals surface area contributed by atoms with Gasteiger partial charge in [0.25, 0.3) is 0 Å². The molecular weight excluding hydrogens is 452 g/mol. The number of para-hydroxylation sites is 2. The molecule has 0 fully saturated rings. The van der Waals surface area contributed by atoms with E-state index in [0.29, 0.717) is 6.67 Å². The summed E-state index contributed by atoms with van der Waals surface area (Å²) in [4.78, 5) is 13.3. The van der Waals surface area contributed by atoms with Gasteiger partial charge in [0.1, 0.15) is 6.67 Å². The third-order valence-electron chi connectivity index (χ3n) is 3.51. The van der Waals surface area contributed by atoms with E-state index in [1.807, 2.05) is 42.5 Å². The van der Waals surface area contributed by atoms with Gasteiger partial charge in [0.15, 0.2) is 11.6 Å². The van der Waals surface area contributed by atoms with E-state index in [1.165, 1.54) is 0 Å². The summed E-state index contributed by atoms with van der Waals surface area (Å²) in [5.74, 6) is 1.74. The molecule has 0 spiro atoms. The van der Waals surface area contributed by atoms with Crippen molar-refractivity contribution in [2.45, 2.75) is 0 Å². The molecule has 4 nitrogen and oxygen atoms in total. The minimum atomic E-state index is 0. The van der Waals surface area contributed by atoms with Crippen molar-refractivity contribution < 1.29 is 20.1 Å². The smallest absolute Gasteiger partial charge is 0.178 e. The van der Waals surface area contributed by atoms with Crippen LogP contribution in [0.2, 0.25) is 0 Å². The van der Waals surface area contributed by atoms with Gasteiger partial charge in [-0.2, -0.15) is 24.3 Å². The molecule has 1 aromatic heterocycles. The Balaban J connectivity index is 0.00000144. The Hall–Kier alpha value is -2.23. The summed E-state index contributed by atoms with van der Waals surface area (Å²) in [5.41, 5.74) is 2.11. The Labute approximate surface area is 142 Å². The quantitative estimate of drug-likeness (QED) is 0.543. The molecule has 0 aliphatic carbocycles. The monoisotopic (exact) mass is 466 g/mol. The van der Waals surface area contributed by atoms with Crippen molar-refractivity contribution in [2.24, 2.45) is 0 Å². The Morgan fingerprint density at radius 3 is 2.18 bits per heavy atom. The van der Waals surface area contributed by atoms with Crippen molar-refractivity contribution in [3.8, 4) is 0 Å². The van der Waals surface area contributed by atoms with Crippen molar-refractivity contribution >= 4 is 23.0 Å². The van der Waals surface area contributed by atoms with Crippen LogP contribution in [0.25, 0.3) is 0 Å². The van der Waals surface area contributed by atoms with Crippen LogP contribution in [0.15, 0.2) is 67.0 Å². The van der Waals surface area contributed by atoms with E-state index in [4.69, 9.17) is 0 Å². The molecule has 0 unspecified atom stereocenters. The van der Waals surface area contributed by atoms with Gasteiger partial charge < -0.3 is 9.80 Å². The average Bonchev–Trinajstić information content (AvgIpc) is 2.96. The van der Waals surface area contributed by atoms with Crippen LogP contribution in [0.1, 0.15) is 0 Å². The number of hydrogen-bond acceptors (Lipinski definition) is 4. The van der Waals surface area contributed by atoms with Crippen LogP contribution in [-0.4, -0.2) is 16.6 Å². The van der Waals surface area contributed by atoms with E-state index in [0.717, 1.165) is 23.0 Å². The average molecular weight is 466 g/mol. The van der Waals surface area contributed by atoms with Gasteiger partial charge in [-0.15, -0.1) is 6.07 Å². The molecular formula is C17H13IrN4-. The predicted molar refractivity (Wildman–Crippen MR) is 82.9 cm³/mol. The van der Waals surface area contributed by atoms with E-state index in [1.54, 1.807) is 12.4 Å². The zero-order valence-electron chi connectivity index (χ0n) is 11.7. The fraction of sp³-hybridized carbons (Fsp3) is 0.0588. The SMILES string of the molecule is [Ir].[c-]1ccccc1N1CN(c2ccccc2)c2nccnc21. The largest absolute Gasteiger partial charge is 0.328 e. The second-order valence-corrected chi connectivity index (χ2v) is 4.78. The number of aromatic nitrogens is 2. The van der Waals surface area contributed by atoms with Gasteiger partial charge in [-0.1, -0.05) is 23.9 Å². The van der Waals surface area contributed by atoms with Gasteiger partial charge in [-0.25, -0.2) is 9.97 Å². The van der Waals surface area contributed by atoms with Gasteiger partial charge in [-0.3, -0.25) is 0 Å². The van der Waals surface area contributed by atoms with Crippen molar-refractivity contribution in [1.82, 2.24) is 9.97 Å². The van der Waals surface area contributed by atoms with Gasteiger partial charge in [0.05, 0.1) is 0 Å². The van der Waals surface area contributed by atoms with Crippen molar-refractivity contribution in [3.05, 3.63) is 73.1 Å². The van der Waals surface area contributed by atoms with E-state index in [-0.39, 0.29) is 20.1 Å². The summed E-state index contributed by atoms with van der Waals surface area (Å²) in [5, 5.41) is 0. The molecule has 0 N–H and O–H groups in total. The number of nitrogens with zero attached hydrogens (tertiary/aromatic N) is 4.